The summed E-state index contributed by atoms with van der Waals surface area (Å²) >= 11 is 0. The maximum Gasteiger partial charge on any atom is 0.317 e. The lowest BCUT2D eigenvalue weighted by molar-refractivity contribution is -0.174. The molecule has 4 atom stereocenters. The van der Waals surface area contributed by atoms with Crippen molar-refractivity contribution in [1.29, 1.82) is 0 Å². The van der Waals surface area contributed by atoms with Gasteiger partial charge in [-0.05, 0) is 30.5 Å². The highest BCUT2D eigenvalue weighted by Crippen LogP contribution is 2.47. The van der Waals surface area contributed by atoms with Crippen LogP contribution in [0, 0.1) is 18.8 Å². The highest BCUT2D eigenvalue weighted by atomic mass is 16.5. The molecule has 0 amide bonds. The average Bonchev–Trinajstić information content (AvgIpc) is 2.86. The van der Waals surface area contributed by atoms with Gasteiger partial charge in [0.1, 0.15) is 19.1 Å². The Labute approximate surface area is 210 Å². The van der Waals surface area contributed by atoms with Crippen molar-refractivity contribution in [3.8, 4) is 0 Å². The van der Waals surface area contributed by atoms with Gasteiger partial charge in [-0.25, -0.2) is 0 Å². The number of rotatable bonds is 7. The van der Waals surface area contributed by atoms with Gasteiger partial charge in [0.15, 0.2) is 5.78 Å². The Bertz CT molecular complexity index is 1200. The molecule has 6 nitrogen and oxygen atoms in total. The Morgan fingerprint density at radius 3 is 1.86 bits per heavy atom. The summed E-state index contributed by atoms with van der Waals surface area (Å²) in [4.78, 5) is 40.0. The van der Waals surface area contributed by atoms with E-state index in [1.165, 1.54) is 6.92 Å². The Morgan fingerprint density at radius 2 is 1.33 bits per heavy atom. The van der Waals surface area contributed by atoms with Crippen molar-refractivity contribution in [3.63, 3.8) is 0 Å². The molecule has 0 aromatic heterocycles. The number of carbonyl (C=O) groups is 3. The van der Waals surface area contributed by atoms with Crippen molar-refractivity contribution in [2.45, 2.75) is 45.0 Å². The van der Waals surface area contributed by atoms with Gasteiger partial charge in [0.2, 0.25) is 0 Å². The van der Waals surface area contributed by atoms with E-state index in [4.69, 9.17) is 9.47 Å². The van der Waals surface area contributed by atoms with Gasteiger partial charge in [-0.1, -0.05) is 90.5 Å². The number of aliphatic hydroxyl groups is 1. The maximum atomic E-state index is 13.4. The summed E-state index contributed by atoms with van der Waals surface area (Å²) in [6.07, 6.45) is -0.356. The molecule has 0 radical (unpaired) electrons. The molecule has 1 fully saturated rings. The van der Waals surface area contributed by atoms with Crippen LogP contribution in [-0.4, -0.2) is 28.4 Å². The summed E-state index contributed by atoms with van der Waals surface area (Å²) in [6.45, 7) is 3.39. The molecule has 186 valence electrons. The minimum absolute atomic E-state index is 0.00356. The summed E-state index contributed by atoms with van der Waals surface area (Å²) in [5.74, 6) is -5.17. The Balaban J connectivity index is 1.66. The van der Waals surface area contributed by atoms with Crippen LogP contribution in [0.25, 0.3) is 0 Å². The lowest BCUT2D eigenvalue weighted by Gasteiger charge is -2.43. The number of esters is 2. The molecule has 1 aliphatic rings. The van der Waals surface area contributed by atoms with Crippen LogP contribution < -0.4 is 0 Å². The number of aryl methyl sites for hydroxylation is 1. The predicted octanol–water partition coefficient (Wildman–Crippen LogP) is 4.52. The molecule has 0 spiro atoms. The van der Waals surface area contributed by atoms with E-state index in [1.807, 2.05) is 79.7 Å². The highest BCUT2D eigenvalue weighted by Gasteiger charge is 2.57. The minimum Gasteiger partial charge on any atom is -0.461 e. The van der Waals surface area contributed by atoms with E-state index in [0.29, 0.717) is 5.56 Å². The second kappa shape index (κ2) is 10.9. The molecule has 6 heteroatoms. The first kappa shape index (κ1) is 25.3. The number of ketones is 1. The third-order valence-electron chi connectivity index (χ3n) is 6.69. The SMILES string of the molecule is Cc1ccc([C@@H]2[C@H](C(=O)OCc3ccccc3)C(=O)C[C@](C)(O)[C@@H]2C(=O)OCc2ccccc2)cc1. The molecule has 0 aliphatic heterocycles. The molecule has 0 saturated heterocycles. The molecule has 1 aliphatic carbocycles. The fourth-order valence-electron chi connectivity index (χ4n) is 4.84. The summed E-state index contributed by atoms with van der Waals surface area (Å²) < 4.78 is 11.2. The van der Waals surface area contributed by atoms with Crippen molar-refractivity contribution >= 4 is 17.7 Å². The number of hydrogen-bond donors (Lipinski definition) is 1. The molecule has 1 N–H and O–H groups in total. The van der Waals surface area contributed by atoms with Crippen molar-refractivity contribution in [3.05, 3.63) is 107 Å². The standard InChI is InChI=1S/C30H30O6/c1-20-13-15-23(16-14-20)25-26(28(32)35-18-21-9-5-3-6-10-21)24(31)17-30(2,34)27(25)29(33)36-19-22-11-7-4-8-12-22/h3-16,25-27,34H,17-19H2,1-2H3/t25-,26-,27+,30+/m1/s1. The molecular weight excluding hydrogens is 456 g/mol. The normalized spacial score (nSPS) is 23.6. The van der Waals surface area contributed by atoms with Gasteiger partial charge >= 0.3 is 11.9 Å². The second-order valence-corrected chi connectivity index (χ2v) is 9.58. The maximum absolute atomic E-state index is 13.4. The summed E-state index contributed by atoms with van der Waals surface area (Å²) in [5.41, 5.74) is 1.46. The molecule has 0 bridgehead atoms. The van der Waals surface area contributed by atoms with Crippen molar-refractivity contribution in [1.82, 2.24) is 0 Å². The predicted molar refractivity (Wildman–Crippen MR) is 134 cm³/mol. The summed E-state index contributed by atoms with van der Waals surface area (Å²) in [7, 11) is 0. The molecule has 0 unspecified atom stereocenters. The Kier molecular flexibility index (Phi) is 7.65. The van der Waals surface area contributed by atoms with Gasteiger partial charge in [-0.15, -0.1) is 0 Å². The molecule has 3 aromatic rings. The Morgan fingerprint density at radius 1 is 0.833 bits per heavy atom. The van der Waals surface area contributed by atoms with Crippen molar-refractivity contribution in [2.75, 3.05) is 0 Å². The molecular formula is C30H30O6. The third kappa shape index (κ3) is 5.71. The molecule has 0 heterocycles. The number of Topliss-reactive ketones (excluding diaryl/α,β-unsaturated/α-hetero) is 1. The van der Waals surface area contributed by atoms with Gasteiger partial charge in [-0.3, -0.25) is 14.4 Å². The van der Waals surface area contributed by atoms with E-state index in [0.717, 1.165) is 16.7 Å². The fraction of sp³-hybridized carbons (Fsp3) is 0.300. The third-order valence-corrected chi connectivity index (χ3v) is 6.69. The van der Waals surface area contributed by atoms with E-state index < -0.39 is 41.1 Å². The van der Waals surface area contributed by atoms with Gasteiger partial charge in [0.05, 0.1) is 11.5 Å². The highest BCUT2D eigenvalue weighted by molar-refractivity contribution is 6.02. The number of carbonyl (C=O) groups excluding carboxylic acids is 3. The van der Waals surface area contributed by atoms with Gasteiger partial charge in [0.25, 0.3) is 0 Å². The summed E-state index contributed by atoms with van der Waals surface area (Å²) in [5, 5.41) is 11.3. The molecule has 1 saturated carbocycles. The zero-order valence-electron chi connectivity index (χ0n) is 20.4. The van der Waals surface area contributed by atoms with Crippen LogP contribution in [0.3, 0.4) is 0 Å². The number of hydrogen-bond acceptors (Lipinski definition) is 6. The van der Waals surface area contributed by atoms with Crippen molar-refractivity contribution in [2.24, 2.45) is 11.8 Å². The van der Waals surface area contributed by atoms with Crippen LogP contribution in [-0.2, 0) is 37.1 Å². The van der Waals surface area contributed by atoms with Crippen LogP contribution in [0.4, 0.5) is 0 Å². The van der Waals surface area contributed by atoms with E-state index in [1.54, 1.807) is 12.1 Å². The molecule has 3 aromatic carbocycles. The van der Waals surface area contributed by atoms with Crippen LogP contribution in [0.5, 0.6) is 0 Å². The van der Waals surface area contributed by atoms with Crippen LogP contribution in [0.15, 0.2) is 84.9 Å². The van der Waals surface area contributed by atoms with E-state index in [2.05, 4.69) is 0 Å². The average molecular weight is 487 g/mol. The quantitative estimate of drug-likeness (QED) is 0.390. The lowest BCUT2D eigenvalue weighted by Crippen LogP contribution is -2.55. The first-order valence-electron chi connectivity index (χ1n) is 12.0. The first-order chi connectivity index (χ1) is 17.3. The van der Waals surface area contributed by atoms with Crippen LogP contribution in [0.2, 0.25) is 0 Å². The Hall–Kier alpha value is -3.77. The van der Waals surface area contributed by atoms with Gasteiger partial charge in [0, 0.05) is 12.3 Å². The van der Waals surface area contributed by atoms with E-state index >= 15 is 0 Å². The monoisotopic (exact) mass is 486 g/mol. The largest absolute Gasteiger partial charge is 0.461 e. The fourth-order valence-corrected chi connectivity index (χ4v) is 4.84. The van der Waals surface area contributed by atoms with Crippen LogP contribution >= 0.6 is 0 Å². The van der Waals surface area contributed by atoms with Gasteiger partial charge in [-0.2, -0.15) is 0 Å². The smallest absolute Gasteiger partial charge is 0.317 e. The number of ether oxygens (including phenoxy) is 2. The zero-order chi connectivity index (χ0) is 25.7. The van der Waals surface area contributed by atoms with Gasteiger partial charge < -0.3 is 14.6 Å². The van der Waals surface area contributed by atoms with Crippen molar-refractivity contribution < 1.29 is 29.0 Å². The zero-order valence-corrected chi connectivity index (χ0v) is 20.4. The van der Waals surface area contributed by atoms with E-state index in [9.17, 15) is 19.5 Å². The van der Waals surface area contributed by atoms with Crippen LogP contribution in [0.1, 0.15) is 41.5 Å². The van der Waals surface area contributed by atoms with E-state index in [-0.39, 0.29) is 19.6 Å². The lowest BCUT2D eigenvalue weighted by atomic mass is 9.61. The molecule has 36 heavy (non-hydrogen) atoms. The topological polar surface area (TPSA) is 89.9 Å². The summed E-state index contributed by atoms with van der Waals surface area (Å²) in [6, 6.07) is 25.6. The minimum atomic E-state index is -1.70. The first-order valence-corrected chi connectivity index (χ1v) is 12.0. The second-order valence-electron chi connectivity index (χ2n) is 9.58. The molecule has 4 rings (SSSR count). The number of benzene rings is 3.